The highest BCUT2D eigenvalue weighted by molar-refractivity contribution is 6.03. The lowest BCUT2D eigenvalue weighted by atomic mass is 10.1. The Kier molecular flexibility index (Phi) is 4.31. The van der Waals surface area contributed by atoms with E-state index >= 15 is 0 Å². The zero-order valence-electron chi connectivity index (χ0n) is 13.0. The first-order valence-corrected chi connectivity index (χ1v) is 7.23. The lowest BCUT2D eigenvalue weighted by Gasteiger charge is -2.31. The number of nitrogens with zero attached hydrogens (tertiary/aromatic N) is 1. The molecule has 0 fully saturated rings. The number of esters is 2. The molecule has 3 rings (SSSR count). The third-order valence-corrected chi connectivity index (χ3v) is 3.97. The van der Waals surface area contributed by atoms with Crippen molar-refractivity contribution in [3.63, 3.8) is 0 Å². The van der Waals surface area contributed by atoms with E-state index in [4.69, 9.17) is 14.2 Å². The fourth-order valence-corrected chi connectivity index (χ4v) is 2.80. The van der Waals surface area contributed by atoms with Crippen molar-refractivity contribution < 1.29 is 23.8 Å². The van der Waals surface area contributed by atoms with Crippen molar-refractivity contribution in [1.29, 1.82) is 0 Å². The maximum atomic E-state index is 12.2. The molecule has 1 aromatic carbocycles. The van der Waals surface area contributed by atoms with Crippen LogP contribution in [0.25, 0.3) is 0 Å². The maximum Gasteiger partial charge on any atom is 0.355 e. The summed E-state index contributed by atoms with van der Waals surface area (Å²) < 4.78 is 15.1. The number of nitrogens with one attached hydrogen (secondary N) is 1. The number of anilines is 1. The predicted octanol–water partition coefficient (Wildman–Crippen LogP) is 0.684. The average molecular weight is 318 g/mol. The Labute approximate surface area is 133 Å². The van der Waals surface area contributed by atoms with Crippen molar-refractivity contribution in [3.05, 3.63) is 40.6 Å². The average Bonchev–Trinajstić information content (AvgIpc) is 3.07. The molecule has 0 saturated carbocycles. The van der Waals surface area contributed by atoms with Gasteiger partial charge in [-0.15, -0.1) is 0 Å². The summed E-state index contributed by atoms with van der Waals surface area (Å²) >= 11 is 0. The van der Waals surface area contributed by atoms with Crippen LogP contribution in [0.4, 0.5) is 5.69 Å². The Bertz CT molecular complexity index is 683. The van der Waals surface area contributed by atoms with E-state index in [1.807, 2.05) is 18.2 Å². The molecule has 2 heterocycles. The Morgan fingerprint density at radius 3 is 2.61 bits per heavy atom. The highest BCUT2D eigenvalue weighted by Crippen LogP contribution is 2.29. The molecule has 23 heavy (non-hydrogen) atoms. The molecule has 0 atom stereocenters. The van der Waals surface area contributed by atoms with Crippen LogP contribution >= 0.6 is 0 Å². The zero-order chi connectivity index (χ0) is 16.4. The molecule has 7 nitrogen and oxygen atoms in total. The standard InChI is InChI=1S/C16H18N2O5/c1-21-15(19)13-8-23-9-18(14(13)16(20)22-2)12-4-3-10-6-17-7-11(10)5-12/h3-5,17H,6-9H2,1-2H3. The first-order chi connectivity index (χ1) is 11.2. The van der Waals surface area contributed by atoms with E-state index in [1.54, 1.807) is 4.90 Å². The lowest BCUT2D eigenvalue weighted by Crippen LogP contribution is -2.38. The quantitative estimate of drug-likeness (QED) is 0.821. The van der Waals surface area contributed by atoms with E-state index < -0.39 is 11.9 Å². The monoisotopic (exact) mass is 318 g/mol. The predicted molar refractivity (Wildman–Crippen MR) is 81.3 cm³/mol. The van der Waals surface area contributed by atoms with E-state index in [-0.39, 0.29) is 24.6 Å². The van der Waals surface area contributed by atoms with Gasteiger partial charge in [-0.3, -0.25) is 0 Å². The van der Waals surface area contributed by atoms with Crippen molar-refractivity contribution in [3.8, 4) is 0 Å². The number of methoxy groups -OCH3 is 2. The normalized spacial score (nSPS) is 17.0. The van der Waals surface area contributed by atoms with Gasteiger partial charge in [-0.1, -0.05) is 6.07 Å². The smallest absolute Gasteiger partial charge is 0.355 e. The van der Waals surface area contributed by atoms with Crippen molar-refractivity contribution in [2.75, 3.05) is 32.5 Å². The minimum Gasteiger partial charge on any atom is -0.466 e. The van der Waals surface area contributed by atoms with Crippen LogP contribution in [0.2, 0.25) is 0 Å². The van der Waals surface area contributed by atoms with Gasteiger partial charge in [0.15, 0.2) is 0 Å². The second-order valence-corrected chi connectivity index (χ2v) is 5.27. The Morgan fingerprint density at radius 2 is 1.87 bits per heavy atom. The molecule has 122 valence electrons. The SMILES string of the molecule is COC(=O)C1=C(C(=O)OC)N(c2ccc3c(c2)CNC3)COC1. The van der Waals surface area contributed by atoms with E-state index in [9.17, 15) is 9.59 Å². The summed E-state index contributed by atoms with van der Waals surface area (Å²) in [4.78, 5) is 25.8. The molecule has 0 saturated heterocycles. The first kappa shape index (κ1) is 15.5. The van der Waals surface area contributed by atoms with Gasteiger partial charge in [-0.2, -0.15) is 0 Å². The van der Waals surface area contributed by atoms with E-state index in [2.05, 4.69) is 5.32 Å². The molecule has 2 aliphatic heterocycles. The number of carbonyl (C=O) groups excluding carboxylic acids is 2. The van der Waals surface area contributed by atoms with E-state index in [1.165, 1.54) is 19.8 Å². The summed E-state index contributed by atoms with van der Waals surface area (Å²) in [7, 11) is 2.55. The van der Waals surface area contributed by atoms with Crippen molar-refractivity contribution in [2.24, 2.45) is 0 Å². The maximum absolute atomic E-state index is 12.2. The molecular formula is C16H18N2O5. The van der Waals surface area contributed by atoms with Crippen molar-refractivity contribution in [1.82, 2.24) is 5.32 Å². The molecule has 1 N–H and O–H groups in total. The van der Waals surface area contributed by atoms with Gasteiger partial charge in [-0.05, 0) is 23.3 Å². The minimum atomic E-state index is -0.599. The number of hydrogen-bond acceptors (Lipinski definition) is 7. The largest absolute Gasteiger partial charge is 0.466 e. The van der Waals surface area contributed by atoms with Gasteiger partial charge < -0.3 is 24.4 Å². The summed E-state index contributed by atoms with van der Waals surface area (Å²) in [5, 5.41) is 3.27. The Balaban J connectivity index is 2.05. The van der Waals surface area contributed by atoms with Crippen LogP contribution in [0, 0.1) is 0 Å². The van der Waals surface area contributed by atoms with Crippen molar-refractivity contribution >= 4 is 17.6 Å². The van der Waals surface area contributed by atoms with Gasteiger partial charge in [0.1, 0.15) is 12.4 Å². The van der Waals surface area contributed by atoms with Crippen LogP contribution in [0.3, 0.4) is 0 Å². The van der Waals surface area contributed by atoms with Gasteiger partial charge in [0.05, 0.1) is 26.4 Å². The van der Waals surface area contributed by atoms with Gasteiger partial charge >= 0.3 is 11.9 Å². The Morgan fingerprint density at radius 1 is 1.13 bits per heavy atom. The Hall–Kier alpha value is -2.38. The molecule has 0 amide bonds. The number of carbonyl (C=O) groups is 2. The molecule has 7 heteroatoms. The van der Waals surface area contributed by atoms with Gasteiger partial charge in [0.25, 0.3) is 0 Å². The third kappa shape index (κ3) is 2.80. The lowest BCUT2D eigenvalue weighted by molar-refractivity contribution is -0.140. The van der Waals surface area contributed by atoms with E-state index in [0.717, 1.165) is 24.3 Å². The number of rotatable bonds is 3. The fraction of sp³-hybridized carbons (Fsp3) is 0.375. The molecule has 1 aromatic rings. The van der Waals surface area contributed by atoms with Gasteiger partial charge in [-0.25, -0.2) is 9.59 Å². The number of benzene rings is 1. The number of ether oxygens (including phenoxy) is 3. The molecule has 0 unspecified atom stereocenters. The molecule has 2 aliphatic rings. The summed E-state index contributed by atoms with van der Waals surface area (Å²) in [6.07, 6.45) is 0. The minimum absolute atomic E-state index is 0.0140. The van der Waals surface area contributed by atoms with Crippen LogP contribution in [0.15, 0.2) is 29.5 Å². The van der Waals surface area contributed by atoms with Crippen molar-refractivity contribution in [2.45, 2.75) is 13.1 Å². The number of fused-ring (bicyclic) bond motifs is 1. The second-order valence-electron chi connectivity index (χ2n) is 5.27. The van der Waals surface area contributed by atoms with Crippen LogP contribution in [-0.2, 0) is 36.9 Å². The van der Waals surface area contributed by atoms with Crippen LogP contribution in [0.1, 0.15) is 11.1 Å². The zero-order valence-corrected chi connectivity index (χ0v) is 13.0. The highest BCUT2D eigenvalue weighted by Gasteiger charge is 2.32. The molecular weight excluding hydrogens is 300 g/mol. The molecule has 0 spiro atoms. The van der Waals surface area contributed by atoms with Crippen LogP contribution in [0.5, 0.6) is 0 Å². The molecule has 0 aromatic heterocycles. The third-order valence-electron chi connectivity index (χ3n) is 3.97. The summed E-state index contributed by atoms with van der Waals surface area (Å²) in [6, 6.07) is 5.90. The summed E-state index contributed by atoms with van der Waals surface area (Å²) in [5.74, 6) is -1.19. The number of hydrogen-bond donors (Lipinski definition) is 1. The first-order valence-electron chi connectivity index (χ1n) is 7.23. The van der Waals surface area contributed by atoms with Gasteiger partial charge in [0.2, 0.25) is 0 Å². The van der Waals surface area contributed by atoms with Crippen LogP contribution < -0.4 is 10.2 Å². The second kappa shape index (κ2) is 6.39. The van der Waals surface area contributed by atoms with Gasteiger partial charge in [0, 0.05) is 18.8 Å². The molecule has 0 bridgehead atoms. The molecule has 0 radical (unpaired) electrons. The fourth-order valence-electron chi connectivity index (χ4n) is 2.80. The van der Waals surface area contributed by atoms with E-state index in [0.29, 0.717) is 0 Å². The summed E-state index contributed by atoms with van der Waals surface area (Å²) in [6.45, 7) is 1.79. The van der Waals surface area contributed by atoms with Crippen LogP contribution in [-0.4, -0.2) is 39.5 Å². The topological polar surface area (TPSA) is 77.1 Å². The summed E-state index contributed by atoms with van der Waals surface area (Å²) in [5.41, 5.74) is 3.48. The highest BCUT2D eigenvalue weighted by atomic mass is 16.5. The molecule has 0 aliphatic carbocycles.